The Hall–Kier alpha value is -1.49. The van der Waals surface area contributed by atoms with Crippen LogP contribution in [0.15, 0.2) is 24.3 Å². The van der Waals surface area contributed by atoms with Gasteiger partial charge < -0.3 is 4.90 Å². The van der Waals surface area contributed by atoms with E-state index in [9.17, 15) is 0 Å². The summed E-state index contributed by atoms with van der Waals surface area (Å²) < 4.78 is 0. The van der Waals surface area contributed by atoms with Crippen LogP contribution in [0.3, 0.4) is 0 Å². The van der Waals surface area contributed by atoms with Gasteiger partial charge >= 0.3 is 0 Å². The smallest absolute Gasteiger partial charge is 0.101 e. The number of para-hydroxylation sites is 1. The zero-order chi connectivity index (χ0) is 12.3. The molecule has 0 N–H and O–H groups in total. The van der Waals surface area contributed by atoms with Crippen molar-refractivity contribution in [1.29, 1.82) is 5.26 Å². The van der Waals surface area contributed by atoms with Crippen molar-refractivity contribution in [3.05, 3.63) is 29.8 Å². The summed E-state index contributed by atoms with van der Waals surface area (Å²) in [4.78, 5) is 2.38. The van der Waals surface area contributed by atoms with Crippen LogP contribution in [0.5, 0.6) is 0 Å². The minimum absolute atomic E-state index is 0.461. The van der Waals surface area contributed by atoms with Gasteiger partial charge in [-0.3, -0.25) is 0 Å². The molecule has 0 amide bonds. The molecule has 2 rings (SSSR count). The predicted octanol–water partition coefficient (Wildman–Crippen LogP) is 3.57. The number of hydrogen-bond donors (Lipinski definition) is 0. The first-order chi connectivity index (χ1) is 8.24. The lowest BCUT2D eigenvalue weighted by Gasteiger charge is -2.27. The van der Waals surface area contributed by atoms with Crippen LogP contribution in [0.4, 0.5) is 5.69 Å². The molecule has 1 aliphatic rings. The molecule has 0 aliphatic carbocycles. The molecule has 1 heterocycles. The predicted molar refractivity (Wildman–Crippen MR) is 71.0 cm³/mol. The molecule has 1 aliphatic heterocycles. The summed E-state index contributed by atoms with van der Waals surface area (Å²) in [7, 11) is 0. The van der Waals surface area contributed by atoms with Crippen LogP contribution < -0.4 is 4.90 Å². The highest BCUT2D eigenvalue weighted by atomic mass is 15.2. The minimum Gasteiger partial charge on any atom is -0.370 e. The average molecular weight is 228 g/mol. The Kier molecular flexibility index (Phi) is 3.38. The number of hydrogen-bond acceptors (Lipinski definition) is 2. The van der Waals surface area contributed by atoms with E-state index in [2.05, 4.69) is 30.9 Å². The second-order valence-electron chi connectivity index (χ2n) is 5.01. The van der Waals surface area contributed by atoms with Gasteiger partial charge in [-0.1, -0.05) is 26.0 Å². The summed E-state index contributed by atoms with van der Waals surface area (Å²) in [5.41, 5.74) is 2.37. The van der Waals surface area contributed by atoms with Gasteiger partial charge in [-0.15, -0.1) is 0 Å². The van der Waals surface area contributed by atoms with E-state index in [1.54, 1.807) is 0 Å². The van der Waals surface area contributed by atoms with Crippen LogP contribution in [0.2, 0.25) is 0 Å². The maximum absolute atomic E-state index is 9.15. The Morgan fingerprint density at radius 3 is 2.59 bits per heavy atom. The second kappa shape index (κ2) is 4.79. The molecule has 1 aromatic carbocycles. The first-order valence-electron chi connectivity index (χ1n) is 6.49. The summed E-state index contributed by atoms with van der Waals surface area (Å²) in [6.07, 6.45) is 3.71. The van der Waals surface area contributed by atoms with Gasteiger partial charge in [0.15, 0.2) is 0 Å². The van der Waals surface area contributed by atoms with Gasteiger partial charge in [0, 0.05) is 13.1 Å². The van der Waals surface area contributed by atoms with E-state index >= 15 is 0 Å². The van der Waals surface area contributed by atoms with Gasteiger partial charge in [0.1, 0.15) is 6.07 Å². The quantitative estimate of drug-likeness (QED) is 0.790. The Morgan fingerprint density at radius 1 is 1.29 bits per heavy atom. The highest BCUT2D eigenvalue weighted by Crippen LogP contribution is 2.39. The van der Waals surface area contributed by atoms with Gasteiger partial charge in [-0.05, 0) is 36.8 Å². The van der Waals surface area contributed by atoms with Gasteiger partial charge in [-0.2, -0.15) is 5.26 Å². The fourth-order valence-electron chi connectivity index (χ4n) is 2.81. The van der Waals surface area contributed by atoms with E-state index in [1.807, 2.05) is 18.2 Å². The molecule has 1 aromatic rings. The van der Waals surface area contributed by atoms with Gasteiger partial charge in [0.05, 0.1) is 11.3 Å². The first-order valence-corrected chi connectivity index (χ1v) is 6.49. The highest BCUT2D eigenvalue weighted by molar-refractivity contribution is 5.59. The summed E-state index contributed by atoms with van der Waals surface area (Å²) >= 11 is 0. The van der Waals surface area contributed by atoms with Gasteiger partial charge in [0.2, 0.25) is 0 Å². The number of benzene rings is 1. The number of nitrogens with zero attached hydrogens (tertiary/aromatic N) is 2. The van der Waals surface area contributed by atoms with Crippen molar-refractivity contribution >= 4 is 5.69 Å². The summed E-state index contributed by atoms with van der Waals surface area (Å²) in [5, 5.41) is 9.15. The third-order valence-electron chi connectivity index (χ3n) is 4.30. The van der Waals surface area contributed by atoms with Crippen LogP contribution in [0.25, 0.3) is 0 Å². The Balaban J connectivity index is 2.24. The number of anilines is 1. The summed E-state index contributed by atoms with van der Waals surface area (Å²) in [6, 6.07) is 10.2. The summed E-state index contributed by atoms with van der Waals surface area (Å²) in [6.45, 7) is 6.74. The topological polar surface area (TPSA) is 27.0 Å². The monoisotopic (exact) mass is 228 g/mol. The van der Waals surface area contributed by atoms with E-state index < -0.39 is 0 Å². The summed E-state index contributed by atoms with van der Waals surface area (Å²) in [5.74, 6) is 0. The van der Waals surface area contributed by atoms with E-state index in [1.165, 1.54) is 19.3 Å². The lowest BCUT2D eigenvalue weighted by Crippen LogP contribution is -2.26. The molecule has 0 spiro atoms. The molecule has 1 fully saturated rings. The van der Waals surface area contributed by atoms with E-state index in [4.69, 9.17) is 5.26 Å². The largest absolute Gasteiger partial charge is 0.370 e. The maximum atomic E-state index is 9.15. The Labute approximate surface area is 104 Å². The lowest BCUT2D eigenvalue weighted by molar-refractivity contribution is 0.301. The van der Waals surface area contributed by atoms with Crippen molar-refractivity contribution in [3.8, 4) is 6.07 Å². The standard InChI is InChI=1S/C15H20N2/c1-3-15(4-2)9-10-17(12-15)14-8-6-5-7-13(14)11-16/h5-8H,3-4,9-10,12H2,1-2H3. The average Bonchev–Trinajstić information content (AvgIpc) is 2.83. The third kappa shape index (κ3) is 2.15. The van der Waals surface area contributed by atoms with Gasteiger partial charge in [-0.25, -0.2) is 0 Å². The van der Waals surface area contributed by atoms with E-state index in [0.29, 0.717) is 5.41 Å². The SMILES string of the molecule is CCC1(CC)CCN(c2ccccc2C#N)C1. The fraction of sp³-hybridized carbons (Fsp3) is 0.533. The van der Waals surface area contributed by atoms with Crippen molar-refractivity contribution in [2.24, 2.45) is 5.41 Å². The molecule has 2 nitrogen and oxygen atoms in total. The molecule has 0 radical (unpaired) electrons. The molecule has 17 heavy (non-hydrogen) atoms. The van der Waals surface area contributed by atoms with Crippen LogP contribution >= 0.6 is 0 Å². The molecule has 0 bridgehead atoms. The van der Waals surface area contributed by atoms with Crippen LogP contribution in [-0.2, 0) is 0 Å². The van der Waals surface area contributed by atoms with Crippen molar-refractivity contribution in [3.63, 3.8) is 0 Å². The molecular weight excluding hydrogens is 208 g/mol. The molecule has 0 unspecified atom stereocenters. The highest BCUT2D eigenvalue weighted by Gasteiger charge is 2.35. The van der Waals surface area contributed by atoms with Crippen LogP contribution in [0, 0.1) is 16.7 Å². The van der Waals surface area contributed by atoms with Crippen molar-refractivity contribution in [1.82, 2.24) is 0 Å². The number of rotatable bonds is 3. The van der Waals surface area contributed by atoms with Crippen LogP contribution in [-0.4, -0.2) is 13.1 Å². The van der Waals surface area contributed by atoms with Crippen molar-refractivity contribution in [2.45, 2.75) is 33.1 Å². The van der Waals surface area contributed by atoms with Crippen LogP contribution in [0.1, 0.15) is 38.7 Å². The van der Waals surface area contributed by atoms with E-state index in [0.717, 1.165) is 24.3 Å². The molecule has 0 aromatic heterocycles. The first kappa shape index (κ1) is 12.0. The maximum Gasteiger partial charge on any atom is 0.101 e. The number of nitriles is 1. The molecule has 1 saturated heterocycles. The van der Waals surface area contributed by atoms with E-state index in [-0.39, 0.29) is 0 Å². The molecule has 0 saturated carbocycles. The van der Waals surface area contributed by atoms with Crippen molar-refractivity contribution < 1.29 is 0 Å². The second-order valence-corrected chi connectivity index (χ2v) is 5.01. The molecule has 90 valence electrons. The fourth-order valence-corrected chi connectivity index (χ4v) is 2.81. The molecule has 0 atom stereocenters. The van der Waals surface area contributed by atoms with Crippen molar-refractivity contribution in [2.75, 3.05) is 18.0 Å². The Morgan fingerprint density at radius 2 is 2.00 bits per heavy atom. The Bertz CT molecular complexity index is 427. The zero-order valence-electron chi connectivity index (χ0n) is 10.7. The zero-order valence-corrected chi connectivity index (χ0v) is 10.7. The third-order valence-corrected chi connectivity index (χ3v) is 4.30. The molecular formula is C15H20N2. The normalized spacial score (nSPS) is 18.1. The van der Waals surface area contributed by atoms with Gasteiger partial charge in [0.25, 0.3) is 0 Å². The molecule has 2 heteroatoms. The lowest BCUT2D eigenvalue weighted by atomic mass is 9.82. The minimum atomic E-state index is 0.461.